The van der Waals surface area contributed by atoms with Crippen LogP contribution in [-0.4, -0.2) is 51.9 Å². The minimum atomic E-state index is -0.738. The molecule has 0 spiro atoms. The molecule has 8 nitrogen and oxygen atoms in total. The molecule has 3 rings (SSSR count). The summed E-state index contributed by atoms with van der Waals surface area (Å²) >= 11 is 1.27. The van der Waals surface area contributed by atoms with Crippen molar-refractivity contribution in [3.8, 4) is 0 Å². The first-order chi connectivity index (χ1) is 10.6. The van der Waals surface area contributed by atoms with Gasteiger partial charge in [0.2, 0.25) is 11.4 Å². The van der Waals surface area contributed by atoms with E-state index >= 15 is 0 Å². The average Bonchev–Trinajstić information content (AvgIpc) is 3.04. The van der Waals surface area contributed by atoms with Gasteiger partial charge in [-0.25, -0.2) is 14.5 Å². The van der Waals surface area contributed by atoms with Crippen LogP contribution in [0, 0.1) is 6.92 Å². The van der Waals surface area contributed by atoms with Crippen LogP contribution in [0.25, 0.3) is 0 Å². The lowest BCUT2D eigenvalue weighted by atomic mass is 10.3. The molecule has 1 aliphatic heterocycles. The van der Waals surface area contributed by atoms with E-state index in [1.165, 1.54) is 27.3 Å². The second-order valence-electron chi connectivity index (χ2n) is 4.74. The molecular weight excluding hydrogens is 306 g/mol. The number of pyridine rings is 1. The predicted molar refractivity (Wildman–Crippen MR) is 78.6 cm³/mol. The van der Waals surface area contributed by atoms with Gasteiger partial charge in [0, 0.05) is 19.4 Å². The van der Waals surface area contributed by atoms with Crippen LogP contribution in [-0.2, 0) is 4.74 Å². The highest BCUT2D eigenvalue weighted by Gasteiger charge is 2.40. The van der Waals surface area contributed by atoms with Gasteiger partial charge in [0.15, 0.2) is 0 Å². The van der Waals surface area contributed by atoms with Crippen LogP contribution in [0.3, 0.4) is 0 Å². The third-order valence-electron chi connectivity index (χ3n) is 3.11. The van der Waals surface area contributed by atoms with E-state index in [1.54, 1.807) is 32.3 Å². The van der Waals surface area contributed by atoms with E-state index in [2.05, 4.69) is 15.2 Å². The van der Waals surface area contributed by atoms with Crippen molar-refractivity contribution in [2.75, 3.05) is 18.5 Å². The Labute approximate surface area is 130 Å². The van der Waals surface area contributed by atoms with E-state index in [4.69, 9.17) is 4.74 Å². The number of likely N-dealkylation sites (N-methyl/N-ethyl adjacent to an activating group) is 1. The van der Waals surface area contributed by atoms with Crippen molar-refractivity contribution in [1.82, 2.24) is 20.1 Å². The molecule has 9 heteroatoms. The summed E-state index contributed by atoms with van der Waals surface area (Å²) in [6.07, 6.45) is 2.25. The van der Waals surface area contributed by atoms with Gasteiger partial charge in [-0.05, 0) is 19.1 Å². The molecule has 0 saturated carbocycles. The number of ether oxygens (including phenoxy) is 1. The second-order valence-corrected chi connectivity index (χ2v) is 5.90. The Morgan fingerprint density at radius 1 is 1.45 bits per heavy atom. The van der Waals surface area contributed by atoms with Gasteiger partial charge in [-0.1, -0.05) is 11.3 Å². The van der Waals surface area contributed by atoms with E-state index in [9.17, 15) is 9.59 Å². The first-order valence-electron chi connectivity index (χ1n) is 6.51. The quantitative estimate of drug-likeness (QED) is 0.792. The van der Waals surface area contributed by atoms with Crippen molar-refractivity contribution in [2.24, 2.45) is 0 Å². The number of aromatic nitrogens is 3. The van der Waals surface area contributed by atoms with E-state index in [-0.39, 0.29) is 12.6 Å². The first kappa shape index (κ1) is 14.4. The van der Waals surface area contributed by atoms with E-state index in [0.717, 1.165) is 5.01 Å². The average molecular weight is 319 g/mol. The summed E-state index contributed by atoms with van der Waals surface area (Å²) < 4.78 is 5.44. The lowest BCUT2D eigenvalue weighted by Crippen LogP contribution is -2.37. The van der Waals surface area contributed by atoms with Gasteiger partial charge >= 0.3 is 12.0 Å². The summed E-state index contributed by atoms with van der Waals surface area (Å²) in [5.74, 6) is -0.535. The molecule has 1 atom stereocenters. The molecule has 1 unspecified atom stereocenters. The Morgan fingerprint density at radius 2 is 2.27 bits per heavy atom. The molecule has 0 aromatic carbocycles. The minimum Gasteiger partial charge on any atom is -0.435 e. The van der Waals surface area contributed by atoms with Crippen LogP contribution in [0.5, 0.6) is 0 Å². The maximum atomic E-state index is 12.2. The van der Waals surface area contributed by atoms with E-state index < -0.39 is 12.2 Å². The molecule has 114 valence electrons. The zero-order valence-corrected chi connectivity index (χ0v) is 12.8. The first-order valence-corrected chi connectivity index (χ1v) is 7.33. The fourth-order valence-electron chi connectivity index (χ4n) is 2.05. The summed E-state index contributed by atoms with van der Waals surface area (Å²) in [6, 6.07) is 2.98. The maximum Gasteiger partial charge on any atom is 0.341 e. The highest BCUT2D eigenvalue weighted by molar-refractivity contribution is 7.15. The molecule has 1 fully saturated rings. The molecule has 0 N–H and O–H groups in total. The van der Waals surface area contributed by atoms with Gasteiger partial charge in [-0.2, -0.15) is 0 Å². The van der Waals surface area contributed by atoms with Crippen molar-refractivity contribution in [1.29, 1.82) is 0 Å². The van der Waals surface area contributed by atoms with Gasteiger partial charge < -0.3 is 9.64 Å². The van der Waals surface area contributed by atoms with Gasteiger partial charge in [0.1, 0.15) is 5.01 Å². The van der Waals surface area contributed by atoms with Gasteiger partial charge in [0.25, 0.3) is 0 Å². The molecule has 2 aromatic rings. The van der Waals surface area contributed by atoms with Gasteiger partial charge in [-0.3, -0.25) is 4.98 Å². The topological polar surface area (TPSA) is 88.5 Å². The number of aryl methyl sites for hydroxylation is 1. The van der Waals surface area contributed by atoms with Crippen molar-refractivity contribution in [3.63, 3.8) is 0 Å². The summed E-state index contributed by atoms with van der Waals surface area (Å²) in [7, 11) is 1.64. The summed E-state index contributed by atoms with van der Waals surface area (Å²) in [4.78, 5) is 31.1. The number of rotatable bonds is 3. The minimum absolute atomic E-state index is 0.267. The van der Waals surface area contributed by atoms with Crippen molar-refractivity contribution in [2.45, 2.75) is 13.2 Å². The third kappa shape index (κ3) is 2.62. The number of nitrogens with zero attached hydrogens (tertiary/aromatic N) is 5. The second kappa shape index (κ2) is 5.68. The molecule has 3 heterocycles. The molecule has 0 aliphatic carbocycles. The van der Waals surface area contributed by atoms with Crippen LogP contribution in [0.4, 0.5) is 9.93 Å². The van der Waals surface area contributed by atoms with Crippen molar-refractivity contribution < 1.29 is 14.3 Å². The molecule has 22 heavy (non-hydrogen) atoms. The largest absolute Gasteiger partial charge is 0.435 e. The Balaban J connectivity index is 1.82. The van der Waals surface area contributed by atoms with E-state index in [0.29, 0.717) is 10.7 Å². The molecule has 2 aromatic heterocycles. The van der Waals surface area contributed by atoms with Crippen molar-refractivity contribution in [3.05, 3.63) is 35.1 Å². The standard InChI is InChI=1S/C13H13N5O3S/c1-8-15-16-12(22-8)18-10(7-17(2)13(18)20)21-11(19)9-4-3-5-14-6-9/h3-6,10H,7H2,1-2H3. The highest BCUT2D eigenvalue weighted by atomic mass is 32.1. The summed E-state index contributed by atoms with van der Waals surface area (Å²) in [5, 5.41) is 9.00. The SMILES string of the molecule is Cc1nnc(N2C(=O)N(C)CC2OC(=O)c2cccnc2)s1. The molecular formula is C13H13N5O3S. The van der Waals surface area contributed by atoms with Crippen molar-refractivity contribution >= 4 is 28.5 Å². The molecule has 0 bridgehead atoms. The fraction of sp³-hybridized carbons (Fsp3) is 0.308. The predicted octanol–water partition coefficient (Wildman–Crippen LogP) is 1.30. The van der Waals surface area contributed by atoms with Crippen LogP contribution < -0.4 is 4.90 Å². The number of urea groups is 1. The van der Waals surface area contributed by atoms with Gasteiger partial charge in [-0.15, -0.1) is 10.2 Å². The van der Waals surface area contributed by atoms with E-state index in [1.807, 2.05) is 0 Å². The Bertz CT molecular complexity index is 705. The van der Waals surface area contributed by atoms with Crippen LogP contribution in [0.1, 0.15) is 15.4 Å². The van der Waals surface area contributed by atoms with Crippen LogP contribution in [0.15, 0.2) is 24.5 Å². The summed E-state index contributed by atoms with van der Waals surface area (Å²) in [6.45, 7) is 2.06. The highest BCUT2D eigenvalue weighted by Crippen LogP contribution is 2.27. The number of amides is 2. The lowest BCUT2D eigenvalue weighted by Gasteiger charge is -2.19. The molecule has 2 amide bonds. The zero-order valence-electron chi connectivity index (χ0n) is 12.0. The monoisotopic (exact) mass is 319 g/mol. The number of esters is 1. The smallest absolute Gasteiger partial charge is 0.341 e. The number of carbonyl (C=O) groups is 2. The number of carbonyl (C=O) groups excluding carboxylic acids is 2. The fourth-order valence-corrected chi connectivity index (χ4v) is 2.78. The van der Waals surface area contributed by atoms with Crippen LogP contribution in [0.2, 0.25) is 0 Å². The van der Waals surface area contributed by atoms with Gasteiger partial charge in [0.05, 0.1) is 12.1 Å². The van der Waals surface area contributed by atoms with Crippen LogP contribution >= 0.6 is 11.3 Å². The zero-order chi connectivity index (χ0) is 15.7. The number of anilines is 1. The maximum absolute atomic E-state index is 12.2. The Hall–Kier alpha value is -2.55. The number of hydrogen-bond donors (Lipinski definition) is 0. The normalized spacial score (nSPS) is 17.9. The molecule has 0 radical (unpaired) electrons. The lowest BCUT2D eigenvalue weighted by molar-refractivity contribution is 0.0331. The molecule has 1 aliphatic rings. The molecule has 1 saturated heterocycles. The third-order valence-corrected chi connectivity index (χ3v) is 3.95. The Kier molecular flexibility index (Phi) is 3.72. The summed E-state index contributed by atoms with van der Waals surface area (Å²) in [5.41, 5.74) is 0.331. The Morgan fingerprint density at radius 3 is 2.91 bits per heavy atom. The number of hydrogen-bond acceptors (Lipinski definition) is 7.